The summed E-state index contributed by atoms with van der Waals surface area (Å²) < 4.78 is 0. The first-order valence-electron chi connectivity index (χ1n) is 4.26. The molecule has 2 atom stereocenters. The molecule has 2 N–H and O–H groups in total. The Balaban J connectivity index is 2.19. The van der Waals surface area contributed by atoms with E-state index in [1.807, 2.05) is 0 Å². The number of rotatable bonds is 1. The smallest absolute Gasteiger partial charge is 0.0484 e. The van der Waals surface area contributed by atoms with Crippen molar-refractivity contribution in [3.05, 3.63) is 23.8 Å². The van der Waals surface area contributed by atoms with Crippen molar-refractivity contribution in [1.29, 1.82) is 0 Å². The molecule has 0 aromatic carbocycles. The summed E-state index contributed by atoms with van der Waals surface area (Å²) in [5.74, 6) is 0. The zero-order valence-electron chi connectivity index (χ0n) is 6.80. The molecule has 0 aromatic rings. The van der Waals surface area contributed by atoms with E-state index in [1.165, 1.54) is 5.57 Å². The highest BCUT2D eigenvalue weighted by molar-refractivity contribution is 5.29. The first-order chi connectivity index (χ1) is 5.42. The lowest BCUT2D eigenvalue weighted by Gasteiger charge is -2.21. The van der Waals surface area contributed by atoms with E-state index in [2.05, 4.69) is 35.8 Å². The number of hydrogen-bond donors (Lipinski definition) is 2. The molecule has 0 amide bonds. The third-order valence-corrected chi connectivity index (χ3v) is 2.46. The van der Waals surface area contributed by atoms with Crippen LogP contribution in [0, 0.1) is 0 Å². The van der Waals surface area contributed by atoms with Crippen LogP contribution in [0.15, 0.2) is 23.8 Å². The Labute approximate surface area is 67.4 Å². The van der Waals surface area contributed by atoms with E-state index in [-0.39, 0.29) is 0 Å². The lowest BCUT2D eigenvalue weighted by atomic mass is 9.94. The van der Waals surface area contributed by atoms with E-state index in [9.17, 15) is 0 Å². The number of allylic oxidation sites excluding steroid dienone is 2. The van der Waals surface area contributed by atoms with Crippen LogP contribution in [-0.2, 0) is 0 Å². The van der Waals surface area contributed by atoms with Gasteiger partial charge in [-0.05, 0) is 6.42 Å². The van der Waals surface area contributed by atoms with Gasteiger partial charge in [0.2, 0.25) is 0 Å². The molecule has 0 aromatic heterocycles. The first-order valence-corrected chi connectivity index (χ1v) is 4.26. The van der Waals surface area contributed by atoms with Gasteiger partial charge in [0, 0.05) is 18.8 Å². The second-order valence-corrected chi connectivity index (χ2v) is 3.07. The molecule has 1 fully saturated rings. The van der Waals surface area contributed by atoms with Gasteiger partial charge in [0.15, 0.2) is 0 Å². The average Bonchev–Trinajstić information content (AvgIpc) is 2.50. The topological polar surface area (TPSA) is 24.1 Å². The lowest BCUT2D eigenvalue weighted by molar-refractivity contribution is 0.626. The highest BCUT2D eigenvalue weighted by Gasteiger charge is 2.27. The summed E-state index contributed by atoms with van der Waals surface area (Å²) in [6, 6.07) is 1.10. The van der Waals surface area contributed by atoms with Crippen LogP contribution >= 0.6 is 0 Å². The van der Waals surface area contributed by atoms with Gasteiger partial charge in [-0.2, -0.15) is 0 Å². The van der Waals surface area contributed by atoms with Crippen molar-refractivity contribution in [1.82, 2.24) is 10.6 Å². The Kier molecular flexibility index (Phi) is 1.80. The largest absolute Gasteiger partial charge is 0.296 e. The van der Waals surface area contributed by atoms with Crippen LogP contribution in [0.2, 0.25) is 0 Å². The molecule has 1 aliphatic heterocycles. The van der Waals surface area contributed by atoms with Gasteiger partial charge in [0.05, 0.1) is 0 Å². The zero-order valence-corrected chi connectivity index (χ0v) is 6.80. The minimum Gasteiger partial charge on any atom is -0.296 e. The summed E-state index contributed by atoms with van der Waals surface area (Å²) in [7, 11) is 0. The predicted molar refractivity (Wildman–Crippen MR) is 46.2 cm³/mol. The molecule has 2 aliphatic rings. The Bertz CT molecular complexity index is 206. The molecule has 1 saturated heterocycles. The highest BCUT2D eigenvalue weighted by atomic mass is 15.2. The van der Waals surface area contributed by atoms with Crippen LogP contribution in [-0.4, -0.2) is 18.8 Å². The number of hydrogen-bond acceptors (Lipinski definition) is 2. The van der Waals surface area contributed by atoms with Gasteiger partial charge in [-0.3, -0.25) is 10.6 Å². The van der Waals surface area contributed by atoms with Crippen LogP contribution in [0.4, 0.5) is 0 Å². The van der Waals surface area contributed by atoms with E-state index in [0.717, 1.165) is 13.1 Å². The summed E-state index contributed by atoms with van der Waals surface area (Å²) in [4.78, 5) is 0. The normalized spacial score (nSPS) is 35.2. The maximum Gasteiger partial charge on any atom is 0.0484 e. The van der Waals surface area contributed by atoms with Crippen LogP contribution in [0.1, 0.15) is 13.3 Å². The van der Waals surface area contributed by atoms with E-state index < -0.39 is 0 Å². The first kappa shape index (κ1) is 7.07. The number of fused-ring (bicyclic) bond motifs is 1. The zero-order chi connectivity index (χ0) is 7.68. The third-order valence-electron chi connectivity index (χ3n) is 2.46. The molecule has 1 aliphatic carbocycles. The van der Waals surface area contributed by atoms with Crippen LogP contribution in [0.5, 0.6) is 0 Å². The monoisotopic (exact) mass is 150 g/mol. The van der Waals surface area contributed by atoms with Crippen molar-refractivity contribution < 1.29 is 0 Å². The van der Waals surface area contributed by atoms with Gasteiger partial charge in [-0.15, -0.1) is 0 Å². The second-order valence-electron chi connectivity index (χ2n) is 3.07. The van der Waals surface area contributed by atoms with E-state index in [4.69, 9.17) is 0 Å². The standard InChI is InChI=1S/C9H14N2/c1-2-7-4-3-5-8-9(7)11-6-10-8/h3-5,8-11H,2,6H2,1H3. The van der Waals surface area contributed by atoms with Crippen molar-refractivity contribution in [3.63, 3.8) is 0 Å². The summed E-state index contributed by atoms with van der Waals surface area (Å²) in [6.45, 7) is 3.15. The van der Waals surface area contributed by atoms with E-state index in [1.54, 1.807) is 0 Å². The number of nitrogens with one attached hydrogen (secondary N) is 2. The van der Waals surface area contributed by atoms with Gasteiger partial charge in [-0.25, -0.2) is 0 Å². The van der Waals surface area contributed by atoms with Crippen LogP contribution < -0.4 is 10.6 Å². The van der Waals surface area contributed by atoms with Crippen molar-refractivity contribution >= 4 is 0 Å². The maximum absolute atomic E-state index is 3.43. The Morgan fingerprint density at radius 2 is 2.45 bits per heavy atom. The Hall–Kier alpha value is -0.600. The predicted octanol–water partition coefficient (Wildman–Crippen LogP) is 0.780. The average molecular weight is 150 g/mol. The van der Waals surface area contributed by atoms with Gasteiger partial charge in [-0.1, -0.05) is 30.7 Å². The van der Waals surface area contributed by atoms with E-state index in [0.29, 0.717) is 12.1 Å². The minimum atomic E-state index is 0.537. The molecule has 0 bridgehead atoms. The minimum absolute atomic E-state index is 0.537. The molecule has 0 saturated carbocycles. The third kappa shape index (κ3) is 1.12. The summed E-state index contributed by atoms with van der Waals surface area (Å²) in [5.41, 5.74) is 1.52. The van der Waals surface area contributed by atoms with Gasteiger partial charge in [0.25, 0.3) is 0 Å². The highest BCUT2D eigenvalue weighted by Crippen LogP contribution is 2.18. The lowest BCUT2D eigenvalue weighted by Crippen LogP contribution is -2.34. The molecule has 0 radical (unpaired) electrons. The maximum atomic E-state index is 3.43. The van der Waals surface area contributed by atoms with Gasteiger partial charge in [0.1, 0.15) is 0 Å². The molecule has 60 valence electrons. The SMILES string of the molecule is CCC1=CC=CC2NCNC12. The molecular weight excluding hydrogens is 136 g/mol. The van der Waals surface area contributed by atoms with Crippen molar-refractivity contribution in [3.8, 4) is 0 Å². The van der Waals surface area contributed by atoms with Crippen LogP contribution in [0.3, 0.4) is 0 Å². The molecule has 2 unspecified atom stereocenters. The van der Waals surface area contributed by atoms with Crippen molar-refractivity contribution in [2.24, 2.45) is 0 Å². The fraction of sp³-hybridized carbons (Fsp3) is 0.556. The summed E-state index contributed by atoms with van der Waals surface area (Å²) in [5, 5.41) is 6.81. The molecule has 0 spiro atoms. The Morgan fingerprint density at radius 1 is 1.55 bits per heavy atom. The molecule has 1 heterocycles. The van der Waals surface area contributed by atoms with E-state index >= 15 is 0 Å². The quantitative estimate of drug-likeness (QED) is 0.577. The molecule has 2 nitrogen and oxygen atoms in total. The molecular formula is C9H14N2. The van der Waals surface area contributed by atoms with Crippen molar-refractivity contribution in [2.75, 3.05) is 6.67 Å². The molecule has 2 heteroatoms. The molecule has 2 rings (SSSR count). The Morgan fingerprint density at radius 3 is 3.27 bits per heavy atom. The molecule has 11 heavy (non-hydrogen) atoms. The van der Waals surface area contributed by atoms with Crippen LogP contribution in [0.25, 0.3) is 0 Å². The fourth-order valence-electron chi connectivity index (χ4n) is 1.81. The summed E-state index contributed by atoms with van der Waals surface area (Å²) in [6.07, 6.45) is 7.76. The summed E-state index contributed by atoms with van der Waals surface area (Å²) >= 11 is 0. The van der Waals surface area contributed by atoms with Crippen molar-refractivity contribution in [2.45, 2.75) is 25.4 Å². The van der Waals surface area contributed by atoms with Gasteiger partial charge >= 0.3 is 0 Å². The second kappa shape index (κ2) is 2.80. The fourth-order valence-corrected chi connectivity index (χ4v) is 1.81. The van der Waals surface area contributed by atoms with Gasteiger partial charge < -0.3 is 0 Å².